The largest absolute Gasteiger partial charge is 0.122 e. The normalized spacial score (nSPS) is 18.9. The van der Waals surface area contributed by atoms with Gasteiger partial charge in [-0.2, -0.15) is 0 Å². The van der Waals surface area contributed by atoms with Crippen LogP contribution in [0.15, 0.2) is 48.5 Å². The van der Waals surface area contributed by atoms with Crippen LogP contribution in [0.5, 0.6) is 0 Å². The lowest BCUT2D eigenvalue weighted by Crippen LogP contribution is -2.27. The molecular formula is C16H14Cl2. The molecule has 1 aliphatic rings. The highest BCUT2D eigenvalue weighted by Crippen LogP contribution is 2.40. The minimum atomic E-state index is 0.125. The number of fused-ring (bicyclic) bond motifs is 1. The van der Waals surface area contributed by atoms with Crippen LogP contribution in [0, 0.1) is 0 Å². The van der Waals surface area contributed by atoms with E-state index < -0.39 is 0 Å². The fraction of sp³-hybridized carbons (Fsp3) is 0.250. The van der Waals surface area contributed by atoms with Crippen molar-refractivity contribution in [2.75, 3.05) is 0 Å². The summed E-state index contributed by atoms with van der Waals surface area (Å²) in [6, 6.07) is 16.5. The maximum atomic E-state index is 6.56. The summed E-state index contributed by atoms with van der Waals surface area (Å²) in [5.41, 5.74) is 3.99. The van der Waals surface area contributed by atoms with Crippen LogP contribution < -0.4 is 0 Å². The van der Waals surface area contributed by atoms with Gasteiger partial charge in [0, 0.05) is 16.3 Å². The average Bonchev–Trinajstić information content (AvgIpc) is 2.34. The molecule has 0 nitrogen and oxygen atoms in total. The lowest BCUT2D eigenvalue weighted by molar-refractivity contribution is 0.567. The Morgan fingerprint density at radius 1 is 1.06 bits per heavy atom. The summed E-state index contributed by atoms with van der Waals surface area (Å²) in [4.78, 5) is 0. The van der Waals surface area contributed by atoms with Gasteiger partial charge in [0.2, 0.25) is 0 Å². The lowest BCUT2D eigenvalue weighted by atomic mass is 9.74. The molecule has 0 N–H and O–H groups in total. The van der Waals surface area contributed by atoms with Crippen molar-refractivity contribution < 1.29 is 0 Å². The summed E-state index contributed by atoms with van der Waals surface area (Å²) in [7, 11) is 0. The van der Waals surface area contributed by atoms with E-state index in [9.17, 15) is 0 Å². The van der Waals surface area contributed by atoms with Crippen molar-refractivity contribution in [3.05, 3.63) is 70.2 Å². The molecule has 0 saturated heterocycles. The number of rotatable bonds is 3. The molecule has 0 spiro atoms. The van der Waals surface area contributed by atoms with E-state index in [2.05, 4.69) is 30.3 Å². The van der Waals surface area contributed by atoms with Crippen molar-refractivity contribution in [3.8, 4) is 0 Å². The molecule has 2 aromatic rings. The second-order valence-corrected chi connectivity index (χ2v) is 5.79. The third kappa shape index (κ3) is 2.15. The van der Waals surface area contributed by atoms with Crippen LogP contribution in [0.3, 0.4) is 0 Å². The van der Waals surface area contributed by atoms with E-state index in [0.717, 1.165) is 23.4 Å². The third-order valence-corrected chi connectivity index (χ3v) is 4.53. The van der Waals surface area contributed by atoms with Gasteiger partial charge < -0.3 is 0 Å². The van der Waals surface area contributed by atoms with Gasteiger partial charge in [-0.1, -0.05) is 54.1 Å². The summed E-state index contributed by atoms with van der Waals surface area (Å²) in [5, 5.41) is 0.940. The second kappa shape index (κ2) is 4.95. The Labute approximate surface area is 118 Å². The zero-order chi connectivity index (χ0) is 12.5. The molecule has 2 unspecified atom stereocenters. The van der Waals surface area contributed by atoms with Gasteiger partial charge in [0.1, 0.15) is 0 Å². The van der Waals surface area contributed by atoms with Crippen LogP contribution in [-0.4, -0.2) is 5.38 Å². The van der Waals surface area contributed by atoms with Crippen molar-refractivity contribution in [2.24, 2.45) is 0 Å². The van der Waals surface area contributed by atoms with Crippen LogP contribution in [-0.2, 0) is 12.8 Å². The maximum Gasteiger partial charge on any atom is 0.0448 e. The molecule has 1 aliphatic carbocycles. The van der Waals surface area contributed by atoms with E-state index in [-0.39, 0.29) is 5.38 Å². The highest BCUT2D eigenvalue weighted by Gasteiger charge is 2.31. The molecule has 0 aromatic heterocycles. The Hall–Kier alpha value is -0.980. The van der Waals surface area contributed by atoms with Crippen LogP contribution in [0.1, 0.15) is 22.6 Å². The fourth-order valence-electron chi connectivity index (χ4n) is 2.64. The summed E-state index contributed by atoms with van der Waals surface area (Å²) in [6.45, 7) is 0. The number of benzene rings is 2. The van der Waals surface area contributed by atoms with Gasteiger partial charge in [-0.15, -0.1) is 11.6 Å². The van der Waals surface area contributed by atoms with Crippen molar-refractivity contribution in [3.63, 3.8) is 0 Å². The van der Waals surface area contributed by atoms with E-state index >= 15 is 0 Å². The second-order valence-electron chi connectivity index (χ2n) is 4.82. The van der Waals surface area contributed by atoms with Gasteiger partial charge >= 0.3 is 0 Å². The van der Waals surface area contributed by atoms with Gasteiger partial charge in [-0.3, -0.25) is 0 Å². The van der Waals surface area contributed by atoms with Crippen LogP contribution in [0.4, 0.5) is 0 Å². The lowest BCUT2D eigenvalue weighted by Gasteiger charge is -2.33. The topological polar surface area (TPSA) is 0 Å². The van der Waals surface area contributed by atoms with E-state index in [1.165, 1.54) is 11.1 Å². The Morgan fingerprint density at radius 2 is 1.78 bits per heavy atom. The number of halogens is 2. The number of hydrogen-bond acceptors (Lipinski definition) is 0. The van der Waals surface area contributed by atoms with Crippen molar-refractivity contribution in [1.29, 1.82) is 0 Å². The standard InChI is InChI=1S/C16H14Cl2/c17-15-8-4-2-6-12(15)10-16(18)14-9-11-5-1-3-7-13(11)14/h1-8,14,16H,9-10H2. The minimum Gasteiger partial charge on any atom is -0.122 e. The Bertz CT molecular complexity index is 563. The first kappa shape index (κ1) is 12.1. The smallest absolute Gasteiger partial charge is 0.0448 e. The Balaban J connectivity index is 1.75. The Morgan fingerprint density at radius 3 is 2.56 bits per heavy atom. The summed E-state index contributed by atoms with van der Waals surface area (Å²) in [6.07, 6.45) is 1.93. The minimum absolute atomic E-state index is 0.125. The Kier molecular flexibility index (Phi) is 3.32. The maximum absolute atomic E-state index is 6.56. The van der Waals surface area contributed by atoms with E-state index in [1.54, 1.807) is 0 Å². The fourth-order valence-corrected chi connectivity index (χ4v) is 3.24. The first-order valence-electron chi connectivity index (χ1n) is 6.21. The van der Waals surface area contributed by atoms with E-state index in [4.69, 9.17) is 23.2 Å². The van der Waals surface area contributed by atoms with Crippen molar-refractivity contribution in [1.82, 2.24) is 0 Å². The molecule has 2 aromatic carbocycles. The molecule has 2 atom stereocenters. The molecule has 2 heteroatoms. The third-order valence-electron chi connectivity index (χ3n) is 3.70. The quantitative estimate of drug-likeness (QED) is 0.705. The monoisotopic (exact) mass is 276 g/mol. The van der Waals surface area contributed by atoms with Gasteiger partial charge in [0.15, 0.2) is 0 Å². The highest BCUT2D eigenvalue weighted by atomic mass is 35.5. The van der Waals surface area contributed by atoms with Crippen LogP contribution in [0.2, 0.25) is 5.02 Å². The molecule has 0 bridgehead atoms. The van der Waals surface area contributed by atoms with E-state index in [1.807, 2.05) is 18.2 Å². The summed E-state index contributed by atoms with van der Waals surface area (Å²) in [5.74, 6) is 0.471. The predicted octanol–water partition coefficient (Wildman–Crippen LogP) is 4.83. The zero-order valence-electron chi connectivity index (χ0n) is 9.94. The molecule has 0 amide bonds. The summed E-state index contributed by atoms with van der Waals surface area (Å²) < 4.78 is 0. The zero-order valence-corrected chi connectivity index (χ0v) is 11.5. The van der Waals surface area contributed by atoms with E-state index in [0.29, 0.717) is 5.92 Å². The first-order chi connectivity index (χ1) is 8.75. The molecule has 92 valence electrons. The molecule has 0 aliphatic heterocycles. The van der Waals surface area contributed by atoms with Gasteiger partial charge in [-0.05, 0) is 35.6 Å². The van der Waals surface area contributed by atoms with Crippen LogP contribution >= 0.6 is 23.2 Å². The molecule has 18 heavy (non-hydrogen) atoms. The van der Waals surface area contributed by atoms with Crippen molar-refractivity contribution >= 4 is 23.2 Å². The molecule has 0 radical (unpaired) electrons. The molecule has 0 fully saturated rings. The number of hydrogen-bond donors (Lipinski definition) is 0. The summed E-state index contributed by atoms with van der Waals surface area (Å²) >= 11 is 12.7. The number of alkyl halides is 1. The molecule has 3 rings (SSSR count). The first-order valence-corrected chi connectivity index (χ1v) is 7.02. The van der Waals surface area contributed by atoms with Gasteiger partial charge in [0.05, 0.1) is 0 Å². The van der Waals surface area contributed by atoms with Crippen LogP contribution in [0.25, 0.3) is 0 Å². The predicted molar refractivity (Wildman–Crippen MR) is 77.7 cm³/mol. The van der Waals surface area contributed by atoms with Crippen molar-refractivity contribution in [2.45, 2.75) is 24.1 Å². The average molecular weight is 277 g/mol. The SMILES string of the molecule is Clc1ccccc1CC(Cl)C1Cc2ccccc21. The van der Waals surface area contributed by atoms with Gasteiger partial charge in [0.25, 0.3) is 0 Å². The molecule has 0 heterocycles. The highest BCUT2D eigenvalue weighted by molar-refractivity contribution is 6.31. The molecular weight excluding hydrogens is 263 g/mol. The molecule has 0 saturated carbocycles. The van der Waals surface area contributed by atoms with Gasteiger partial charge in [-0.25, -0.2) is 0 Å².